The van der Waals surface area contributed by atoms with Crippen LogP contribution in [0, 0.1) is 6.92 Å². The lowest BCUT2D eigenvalue weighted by molar-refractivity contribution is -0.137. The van der Waals surface area contributed by atoms with Crippen LogP contribution in [-0.4, -0.2) is 43.5 Å². The minimum Gasteiger partial charge on any atom is -0.369 e. The summed E-state index contributed by atoms with van der Waals surface area (Å²) in [5, 5.41) is 2.93. The first-order valence-electron chi connectivity index (χ1n) is 9.03. The van der Waals surface area contributed by atoms with Gasteiger partial charge in [0.25, 0.3) is 0 Å². The zero-order chi connectivity index (χ0) is 21.2. The van der Waals surface area contributed by atoms with E-state index in [0.29, 0.717) is 31.9 Å². The molecular formula is C20H20Br2F3N3O. The molecule has 1 N–H and O–H groups in total. The Kier molecular flexibility index (Phi) is 6.90. The van der Waals surface area contributed by atoms with Gasteiger partial charge in [-0.15, -0.1) is 0 Å². The first kappa shape index (κ1) is 22.1. The van der Waals surface area contributed by atoms with Crippen molar-refractivity contribution in [1.82, 2.24) is 4.90 Å². The Morgan fingerprint density at radius 1 is 1.10 bits per heavy atom. The number of benzene rings is 2. The van der Waals surface area contributed by atoms with E-state index < -0.39 is 11.7 Å². The number of aryl methyl sites for hydroxylation is 1. The normalized spacial score (nSPS) is 15.4. The van der Waals surface area contributed by atoms with Crippen LogP contribution in [-0.2, 0) is 11.0 Å². The molecule has 0 aliphatic carbocycles. The zero-order valence-electron chi connectivity index (χ0n) is 15.7. The molecule has 4 nitrogen and oxygen atoms in total. The summed E-state index contributed by atoms with van der Waals surface area (Å²) in [4.78, 5) is 16.4. The van der Waals surface area contributed by atoms with Gasteiger partial charge in [-0.3, -0.25) is 9.69 Å². The highest BCUT2D eigenvalue weighted by molar-refractivity contribution is 9.11. The highest BCUT2D eigenvalue weighted by Gasteiger charge is 2.31. The quantitative estimate of drug-likeness (QED) is 0.578. The molecule has 1 heterocycles. The Balaban J connectivity index is 1.56. The lowest BCUT2D eigenvalue weighted by Crippen LogP contribution is -2.48. The van der Waals surface area contributed by atoms with Crippen molar-refractivity contribution in [3.8, 4) is 0 Å². The van der Waals surface area contributed by atoms with Crippen molar-refractivity contribution in [2.24, 2.45) is 0 Å². The van der Waals surface area contributed by atoms with E-state index >= 15 is 0 Å². The molecule has 0 atom stereocenters. The number of anilines is 2. The van der Waals surface area contributed by atoms with E-state index in [1.165, 1.54) is 12.1 Å². The molecular weight excluding hydrogens is 515 g/mol. The van der Waals surface area contributed by atoms with Crippen molar-refractivity contribution < 1.29 is 18.0 Å². The molecule has 0 unspecified atom stereocenters. The Hall–Kier alpha value is -1.58. The lowest BCUT2D eigenvalue weighted by Gasteiger charge is -2.36. The molecule has 0 aromatic heterocycles. The maximum absolute atomic E-state index is 12.9. The van der Waals surface area contributed by atoms with Crippen LogP contribution in [0.25, 0.3) is 0 Å². The molecule has 1 amide bonds. The van der Waals surface area contributed by atoms with Gasteiger partial charge in [-0.05, 0) is 58.7 Å². The third-order valence-corrected chi connectivity index (χ3v) is 5.88. The first-order valence-corrected chi connectivity index (χ1v) is 10.6. The molecule has 1 saturated heterocycles. The van der Waals surface area contributed by atoms with Crippen molar-refractivity contribution >= 4 is 49.1 Å². The summed E-state index contributed by atoms with van der Waals surface area (Å²) in [5.41, 5.74) is 1.58. The highest BCUT2D eigenvalue weighted by Crippen LogP contribution is 2.32. The minimum absolute atomic E-state index is 0.122. The van der Waals surface area contributed by atoms with Crippen LogP contribution >= 0.6 is 31.9 Å². The smallest absolute Gasteiger partial charge is 0.369 e. The summed E-state index contributed by atoms with van der Waals surface area (Å²) >= 11 is 6.88. The minimum atomic E-state index is -4.35. The average molecular weight is 535 g/mol. The number of nitrogens with zero attached hydrogens (tertiary/aromatic N) is 2. The summed E-state index contributed by atoms with van der Waals surface area (Å²) in [5.74, 6) is -0.122. The van der Waals surface area contributed by atoms with Gasteiger partial charge in [-0.25, -0.2) is 0 Å². The maximum Gasteiger partial charge on any atom is 0.416 e. The Morgan fingerprint density at radius 3 is 2.41 bits per heavy atom. The van der Waals surface area contributed by atoms with Gasteiger partial charge in [-0.2, -0.15) is 13.2 Å². The Bertz CT molecular complexity index is 874. The number of hydrogen-bond acceptors (Lipinski definition) is 3. The van der Waals surface area contributed by atoms with Crippen molar-refractivity contribution in [2.75, 3.05) is 42.9 Å². The van der Waals surface area contributed by atoms with Gasteiger partial charge in [0, 0.05) is 40.8 Å². The van der Waals surface area contributed by atoms with Crippen LogP contribution in [0.2, 0.25) is 0 Å². The number of alkyl halides is 3. The second kappa shape index (κ2) is 9.06. The van der Waals surface area contributed by atoms with Gasteiger partial charge < -0.3 is 10.2 Å². The van der Waals surface area contributed by atoms with Crippen molar-refractivity contribution in [3.63, 3.8) is 0 Å². The van der Waals surface area contributed by atoms with Gasteiger partial charge in [0.1, 0.15) is 0 Å². The van der Waals surface area contributed by atoms with Gasteiger partial charge in [0.05, 0.1) is 17.8 Å². The summed E-state index contributed by atoms with van der Waals surface area (Å²) < 4.78 is 40.5. The second-order valence-electron chi connectivity index (χ2n) is 6.94. The molecule has 2 aromatic rings. The molecule has 1 aliphatic rings. The van der Waals surface area contributed by atoms with Gasteiger partial charge in [-0.1, -0.05) is 22.0 Å². The van der Waals surface area contributed by atoms with Crippen LogP contribution in [0.15, 0.2) is 45.3 Å². The third-order valence-electron chi connectivity index (χ3n) is 4.79. The lowest BCUT2D eigenvalue weighted by atomic mass is 10.1. The summed E-state index contributed by atoms with van der Waals surface area (Å²) in [6.45, 7) is 4.48. The second-order valence-corrected chi connectivity index (χ2v) is 8.71. The van der Waals surface area contributed by atoms with E-state index in [0.717, 1.165) is 26.3 Å². The first-order chi connectivity index (χ1) is 13.6. The van der Waals surface area contributed by atoms with Crippen LogP contribution < -0.4 is 10.2 Å². The van der Waals surface area contributed by atoms with Crippen molar-refractivity contribution in [1.29, 1.82) is 0 Å². The fraction of sp³-hybridized carbons (Fsp3) is 0.350. The predicted molar refractivity (Wildman–Crippen MR) is 115 cm³/mol. The number of piperazine rings is 1. The summed E-state index contributed by atoms with van der Waals surface area (Å²) in [7, 11) is 0. The monoisotopic (exact) mass is 533 g/mol. The van der Waals surface area contributed by atoms with E-state index in [-0.39, 0.29) is 12.5 Å². The number of amides is 1. The van der Waals surface area contributed by atoms with E-state index in [1.54, 1.807) is 6.07 Å². The van der Waals surface area contributed by atoms with Gasteiger partial charge in [0.2, 0.25) is 5.91 Å². The molecule has 1 fully saturated rings. The fourth-order valence-electron chi connectivity index (χ4n) is 3.29. The Labute approximate surface area is 184 Å². The van der Waals surface area contributed by atoms with Crippen molar-refractivity contribution in [2.45, 2.75) is 13.1 Å². The number of nitrogens with one attached hydrogen (secondary N) is 1. The predicted octanol–water partition coefficient (Wildman–Crippen LogP) is 5.30. The maximum atomic E-state index is 12.9. The van der Waals surface area contributed by atoms with E-state index in [2.05, 4.69) is 37.2 Å². The highest BCUT2D eigenvalue weighted by atomic mass is 79.9. The Morgan fingerprint density at radius 2 is 1.79 bits per heavy atom. The molecule has 3 rings (SSSR count). The van der Waals surface area contributed by atoms with Gasteiger partial charge >= 0.3 is 6.18 Å². The molecule has 0 radical (unpaired) electrons. The summed E-state index contributed by atoms with van der Waals surface area (Å²) in [6, 6.07) is 9.16. The van der Waals surface area contributed by atoms with E-state index in [1.807, 2.05) is 28.9 Å². The molecule has 0 spiro atoms. The number of carbonyl (C=O) groups is 1. The molecule has 156 valence electrons. The molecule has 9 heteroatoms. The van der Waals surface area contributed by atoms with Crippen LogP contribution in [0.1, 0.15) is 11.1 Å². The SMILES string of the molecule is Cc1cc(Br)cc(Br)c1NC(=O)CN1CCN(c2cccc(C(F)(F)F)c2)CC1. The fourth-order valence-corrected chi connectivity index (χ4v) is 4.82. The topological polar surface area (TPSA) is 35.6 Å². The molecule has 1 aliphatic heterocycles. The average Bonchev–Trinajstić information content (AvgIpc) is 2.65. The van der Waals surface area contributed by atoms with E-state index in [4.69, 9.17) is 0 Å². The number of rotatable bonds is 4. The zero-order valence-corrected chi connectivity index (χ0v) is 18.9. The standard InChI is InChI=1S/C20H20Br2F3N3O/c1-13-9-15(21)11-17(22)19(13)26-18(29)12-27-5-7-28(8-6-27)16-4-2-3-14(10-16)20(23,24)25/h2-4,9-11H,5-8,12H2,1H3,(H,26,29). The van der Waals surface area contributed by atoms with Crippen LogP contribution in [0.3, 0.4) is 0 Å². The third kappa shape index (κ3) is 5.73. The van der Waals surface area contributed by atoms with Crippen LogP contribution in [0.4, 0.5) is 24.5 Å². The van der Waals surface area contributed by atoms with Gasteiger partial charge in [0.15, 0.2) is 0 Å². The number of halogens is 5. The van der Waals surface area contributed by atoms with E-state index in [9.17, 15) is 18.0 Å². The largest absolute Gasteiger partial charge is 0.416 e. The molecule has 29 heavy (non-hydrogen) atoms. The number of hydrogen-bond donors (Lipinski definition) is 1. The summed E-state index contributed by atoms with van der Waals surface area (Å²) in [6.07, 6.45) is -4.35. The van der Waals surface area contributed by atoms with Crippen molar-refractivity contribution in [3.05, 3.63) is 56.5 Å². The molecule has 0 bridgehead atoms. The number of carbonyl (C=O) groups excluding carboxylic acids is 1. The van der Waals surface area contributed by atoms with Crippen LogP contribution in [0.5, 0.6) is 0 Å². The molecule has 2 aromatic carbocycles. The molecule has 0 saturated carbocycles.